The Hall–Kier alpha value is -1.42. The molecule has 0 unspecified atom stereocenters. The number of nitrogens with zero attached hydrogens (tertiary/aromatic N) is 4. The summed E-state index contributed by atoms with van der Waals surface area (Å²) in [5, 5.41) is 4.69. The number of aryl methyl sites for hydroxylation is 1. The average molecular weight is 223 g/mol. The van der Waals surface area contributed by atoms with Crippen LogP contribution in [0.15, 0.2) is 24.9 Å². The second kappa shape index (κ2) is 4.40. The van der Waals surface area contributed by atoms with Crippen molar-refractivity contribution in [1.29, 1.82) is 0 Å². The number of halogens is 1. The molecule has 0 aromatic carbocycles. The van der Waals surface area contributed by atoms with Gasteiger partial charge in [-0.15, -0.1) is 0 Å². The van der Waals surface area contributed by atoms with E-state index in [1.54, 1.807) is 12.4 Å². The zero-order chi connectivity index (χ0) is 10.7. The Labute approximate surface area is 92.9 Å². The molecule has 4 nitrogen and oxygen atoms in total. The van der Waals surface area contributed by atoms with Crippen molar-refractivity contribution in [2.45, 2.75) is 19.9 Å². The number of hydrogen-bond donors (Lipinski definition) is 0. The standard InChI is InChI=1S/C10H11ClN4/c1-2-3-15-6-8(4-14-15)9-5-12-7-13-10(9)11/h4-7H,2-3H2,1H3. The van der Waals surface area contributed by atoms with Gasteiger partial charge in [0, 0.05) is 30.1 Å². The molecule has 0 N–H and O–H groups in total. The molecule has 78 valence electrons. The van der Waals surface area contributed by atoms with E-state index >= 15 is 0 Å². The Morgan fingerprint density at radius 3 is 3.00 bits per heavy atom. The molecule has 5 heteroatoms. The molecule has 0 bridgehead atoms. The molecular weight excluding hydrogens is 212 g/mol. The molecule has 2 heterocycles. The van der Waals surface area contributed by atoms with Gasteiger partial charge in [-0.25, -0.2) is 9.97 Å². The Morgan fingerprint density at radius 2 is 2.27 bits per heavy atom. The summed E-state index contributed by atoms with van der Waals surface area (Å²) in [5.74, 6) is 0. The predicted octanol–water partition coefficient (Wildman–Crippen LogP) is 2.40. The van der Waals surface area contributed by atoms with Gasteiger partial charge in [-0.1, -0.05) is 18.5 Å². The number of rotatable bonds is 3. The van der Waals surface area contributed by atoms with Crippen LogP contribution < -0.4 is 0 Å². The Bertz CT molecular complexity index is 452. The molecule has 0 aliphatic rings. The fraction of sp³-hybridized carbons (Fsp3) is 0.300. The van der Waals surface area contributed by atoms with Gasteiger partial charge in [0.2, 0.25) is 0 Å². The maximum absolute atomic E-state index is 5.96. The molecule has 0 radical (unpaired) electrons. The van der Waals surface area contributed by atoms with Crippen molar-refractivity contribution >= 4 is 11.6 Å². The number of aromatic nitrogens is 4. The van der Waals surface area contributed by atoms with E-state index in [-0.39, 0.29) is 0 Å². The summed E-state index contributed by atoms with van der Waals surface area (Å²) in [5.41, 5.74) is 1.77. The molecule has 15 heavy (non-hydrogen) atoms. The summed E-state index contributed by atoms with van der Waals surface area (Å²) in [6.45, 7) is 3.02. The van der Waals surface area contributed by atoms with Crippen molar-refractivity contribution in [2.75, 3.05) is 0 Å². The van der Waals surface area contributed by atoms with E-state index in [2.05, 4.69) is 22.0 Å². The van der Waals surface area contributed by atoms with E-state index in [0.717, 1.165) is 24.1 Å². The third-order valence-electron chi connectivity index (χ3n) is 2.06. The maximum Gasteiger partial charge on any atom is 0.140 e. The molecule has 2 rings (SSSR count). The molecule has 2 aromatic rings. The minimum atomic E-state index is 0.459. The van der Waals surface area contributed by atoms with E-state index in [1.807, 2.05) is 10.9 Å². The Morgan fingerprint density at radius 1 is 1.40 bits per heavy atom. The topological polar surface area (TPSA) is 43.6 Å². The second-order valence-electron chi connectivity index (χ2n) is 3.22. The second-order valence-corrected chi connectivity index (χ2v) is 3.58. The summed E-state index contributed by atoms with van der Waals surface area (Å²) in [7, 11) is 0. The van der Waals surface area contributed by atoms with Crippen LogP contribution in [0.2, 0.25) is 5.15 Å². The van der Waals surface area contributed by atoms with Crippen LogP contribution in [-0.4, -0.2) is 19.7 Å². The monoisotopic (exact) mass is 222 g/mol. The highest BCUT2D eigenvalue weighted by Crippen LogP contribution is 2.23. The SMILES string of the molecule is CCCn1cc(-c2cncnc2Cl)cn1. The lowest BCUT2D eigenvalue weighted by atomic mass is 10.2. The van der Waals surface area contributed by atoms with E-state index in [1.165, 1.54) is 6.33 Å². The first-order valence-electron chi connectivity index (χ1n) is 4.79. The molecule has 0 saturated heterocycles. The van der Waals surface area contributed by atoms with Crippen LogP contribution in [0.1, 0.15) is 13.3 Å². The van der Waals surface area contributed by atoms with E-state index < -0.39 is 0 Å². The Balaban J connectivity index is 2.33. The first kappa shape index (κ1) is 10.1. The van der Waals surface area contributed by atoms with Crippen molar-refractivity contribution in [3.8, 4) is 11.1 Å². The average Bonchev–Trinajstić information content (AvgIpc) is 2.68. The van der Waals surface area contributed by atoms with Crippen LogP contribution in [0.4, 0.5) is 0 Å². The minimum absolute atomic E-state index is 0.459. The molecule has 0 aliphatic carbocycles. The van der Waals surface area contributed by atoms with E-state index in [4.69, 9.17) is 11.6 Å². The van der Waals surface area contributed by atoms with Gasteiger partial charge < -0.3 is 0 Å². The summed E-state index contributed by atoms with van der Waals surface area (Å²) >= 11 is 5.96. The van der Waals surface area contributed by atoms with Crippen LogP contribution >= 0.6 is 11.6 Å². The third-order valence-corrected chi connectivity index (χ3v) is 2.36. The quantitative estimate of drug-likeness (QED) is 0.749. The lowest BCUT2D eigenvalue weighted by molar-refractivity contribution is 0.603. The molecule has 0 amide bonds. The van der Waals surface area contributed by atoms with Gasteiger partial charge in [0.1, 0.15) is 11.5 Å². The van der Waals surface area contributed by atoms with Gasteiger partial charge in [-0.3, -0.25) is 4.68 Å². The van der Waals surface area contributed by atoms with Gasteiger partial charge in [-0.05, 0) is 6.42 Å². The van der Waals surface area contributed by atoms with Crippen LogP contribution in [0.5, 0.6) is 0 Å². The molecule has 0 saturated carbocycles. The van der Waals surface area contributed by atoms with Crippen LogP contribution in [0.3, 0.4) is 0 Å². The summed E-state index contributed by atoms with van der Waals surface area (Å²) in [6.07, 6.45) is 7.92. The summed E-state index contributed by atoms with van der Waals surface area (Å²) in [4.78, 5) is 7.87. The molecule has 0 spiro atoms. The lowest BCUT2D eigenvalue weighted by Gasteiger charge is -1.98. The highest BCUT2D eigenvalue weighted by molar-refractivity contribution is 6.32. The molecule has 0 aliphatic heterocycles. The van der Waals surface area contributed by atoms with Crippen molar-refractivity contribution in [2.24, 2.45) is 0 Å². The maximum atomic E-state index is 5.96. The normalized spacial score (nSPS) is 10.5. The molecular formula is C10H11ClN4. The zero-order valence-electron chi connectivity index (χ0n) is 8.39. The lowest BCUT2D eigenvalue weighted by Crippen LogP contribution is -1.95. The third kappa shape index (κ3) is 2.15. The molecule has 0 fully saturated rings. The molecule has 2 aromatic heterocycles. The first-order valence-corrected chi connectivity index (χ1v) is 5.17. The minimum Gasteiger partial charge on any atom is -0.272 e. The van der Waals surface area contributed by atoms with Gasteiger partial charge in [0.05, 0.1) is 6.20 Å². The highest BCUT2D eigenvalue weighted by atomic mass is 35.5. The van der Waals surface area contributed by atoms with Gasteiger partial charge >= 0.3 is 0 Å². The van der Waals surface area contributed by atoms with Crippen molar-refractivity contribution in [3.05, 3.63) is 30.1 Å². The van der Waals surface area contributed by atoms with Crippen LogP contribution in [0.25, 0.3) is 11.1 Å². The fourth-order valence-corrected chi connectivity index (χ4v) is 1.56. The fourth-order valence-electron chi connectivity index (χ4n) is 1.36. The largest absolute Gasteiger partial charge is 0.272 e. The molecule has 0 atom stereocenters. The smallest absolute Gasteiger partial charge is 0.140 e. The van der Waals surface area contributed by atoms with E-state index in [0.29, 0.717) is 5.15 Å². The van der Waals surface area contributed by atoms with Gasteiger partial charge in [0.15, 0.2) is 0 Å². The summed E-state index contributed by atoms with van der Waals surface area (Å²) < 4.78 is 1.89. The van der Waals surface area contributed by atoms with Gasteiger partial charge in [-0.2, -0.15) is 5.10 Å². The highest BCUT2D eigenvalue weighted by Gasteiger charge is 2.06. The van der Waals surface area contributed by atoms with Crippen LogP contribution in [-0.2, 0) is 6.54 Å². The zero-order valence-corrected chi connectivity index (χ0v) is 9.15. The Kier molecular flexibility index (Phi) is 2.97. The number of hydrogen-bond acceptors (Lipinski definition) is 3. The van der Waals surface area contributed by atoms with Crippen molar-refractivity contribution in [3.63, 3.8) is 0 Å². The summed E-state index contributed by atoms with van der Waals surface area (Å²) in [6, 6.07) is 0. The van der Waals surface area contributed by atoms with E-state index in [9.17, 15) is 0 Å². The van der Waals surface area contributed by atoms with Gasteiger partial charge in [0.25, 0.3) is 0 Å². The van der Waals surface area contributed by atoms with Crippen LogP contribution in [0, 0.1) is 0 Å². The predicted molar refractivity (Wildman–Crippen MR) is 58.6 cm³/mol. The first-order chi connectivity index (χ1) is 7.31. The van der Waals surface area contributed by atoms with Crippen molar-refractivity contribution < 1.29 is 0 Å². The van der Waals surface area contributed by atoms with Crippen molar-refractivity contribution in [1.82, 2.24) is 19.7 Å².